The van der Waals surface area contributed by atoms with E-state index in [9.17, 15) is 8.42 Å². The van der Waals surface area contributed by atoms with Gasteiger partial charge in [-0.05, 0) is 30.5 Å². The van der Waals surface area contributed by atoms with Crippen LogP contribution < -0.4 is 10.5 Å². The van der Waals surface area contributed by atoms with E-state index in [-0.39, 0.29) is 17.6 Å². The van der Waals surface area contributed by atoms with Crippen molar-refractivity contribution in [1.82, 2.24) is 0 Å². The van der Waals surface area contributed by atoms with E-state index in [4.69, 9.17) is 10.5 Å². The van der Waals surface area contributed by atoms with Crippen LogP contribution in [0, 0.1) is 0 Å². The van der Waals surface area contributed by atoms with Crippen LogP contribution in [0.3, 0.4) is 0 Å². The van der Waals surface area contributed by atoms with Gasteiger partial charge in [-0.2, -0.15) is 0 Å². The summed E-state index contributed by atoms with van der Waals surface area (Å²) < 4.78 is 28.2. The number of sulfone groups is 1. The molecule has 1 heterocycles. The maximum atomic E-state index is 11.3. The summed E-state index contributed by atoms with van der Waals surface area (Å²) in [6.45, 7) is 2.05. The summed E-state index contributed by atoms with van der Waals surface area (Å²) in [6.07, 6.45) is 1.22. The normalized spacial score (nSPS) is 22.5. The van der Waals surface area contributed by atoms with Crippen LogP contribution in [-0.4, -0.2) is 26.0 Å². The lowest BCUT2D eigenvalue weighted by atomic mass is 10.1. The minimum absolute atomic E-state index is 0.0992. The Morgan fingerprint density at radius 3 is 2.76 bits per heavy atom. The SMILES string of the molecule is CCc1ccc(OC2CCS(=O)(=O)C2)c(N)c1. The molecule has 1 fully saturated rings. The molecule has 1 unspecified atom stereocenters. The third-order valence-electron chi connectivity index (χ3n) is 2.97. The predicted octanol–water partition coefficient (Wildman–Crippen LogP) is 1.40. The lowest BCUT2D eigenvalue weighted by Crippen LogP contribution is -2.18. The molecule has 1 aliphatic rings. The smallest absolute Gasteiger partial charge is 0.154 e. The van der Waals surface area contributed by atoms with Crippen molar-refractivity contribution >= 4 is 15.5 Å². The van der Waals surface area contributed by atoms with E-state index in [1.165, 1.54) is 0 Å². The van der Waals surface area contributed by atoms with E-state index < -0.39 is 9.84 Å². The molecular weight excluding hydrogens is 238 g/mol. The topological polar surface area (TPSA) is 69.4 Å². The highest BCUT2D eigenvalue weighted by Crippen LogP contribution is 2.26. The number of aryl methyl sites for hydroxylation is 1. The fourth-order valence-electron chi connectivity index (χ4n) is 1.96. The van der Waals surface area contributed by atoms with Crippen molar-refractivity contribution in [3.05, 3.63) is 23.8 Å². The molecule has 4 nitrogen and oxygen atoms in total. The fourth-order valence-corrected chi connectivity index (χ4v) is 3.55. The van der Waals surface area contributed by atoms with Gasteiger partial charge in [0.2, 0.25) is 0 Å². The number of benzene rings is 1. The minimum atomic E-state index is -2.91. The van der Waals surface area contributed by atoms with Gasteiger partial charge in [0.25, 0.3) is 0 Å². The van der Waals surface area contributed by atoms with Crippen molar-refractivity contribution in [2.24, 2.45) is 0 Å². The van der Waals surface area contributed by atoms with Crippen LogP contribution in [0.2, 0.25) is 0 Å². The van der Waals surface area contributed by atoms with Gasteiger partial charge < -0.3 is 10.5 Å². The van der Waals surface area contributed by atoms with Gasteiger partial charge in [-0.25, -0.2) is 8.42 Å². The summed E-state index contributed by atoms with van der Waals surface area (Å²) in [5.74, 6) is 0.899. The van der Waals surface area contributed by atoms with E-state index in [0.717, 1.165) is 12.0 Å². The highest BCUT2D eigenvalue weighted by molar-refractivity contribution is 7.91. The van der Waals surface area contributed by atoms with E-state index >= 15 is 0 Å². The van der Waals surface area contributed by atoms with E-state index in [0.29, 0.717) is 17.9 Å². The lowest BCUT2D eigenvalue weighted by molar-refractivity contribution is 0.230. The summed E-state index contributed by atoms with van der Waals surface area (Å²) in [4.78, 5) is 0. The molecule has 2 N–H and O–H groups in total. The zero-order valence-corrected chi connectivity index (χ0v) is 10.7. The molecule has 1 aromatic rings. The number of hydrogen-bond donors (Lipinski definition) is 1. The fraction of sp³-hybridized carbons (Fsp3) is 0.500. The van der Waals surface area contributed by atoms with Crippen LogP contribution in [0.1, 0.15) is 18.9 Å². The molecule has 2 rings (SSSR count). The molecule has 0 bridgehead atoms. The van der Waals surface area contributed by atoms with Crippen LogP contribution in [-0.2, 0) is 16.3 Å². The molecule has 1 atom stereocenters. The molecule has 0 saturated carbocycles. The van der Waals surface area contributed by atoms with Gasteiger partial charge in [0.1, 0.15) is 11.9 Å². The van der Waals surface area contributed by atoms with Crippen molar-refractivity contribution in [2.75, 3.05) is 17.2 Å². The van der Waals surface area contributed by atoms with Gasteiger partial charge in [-0.15, -0.1) is 0 Å². The monoisotopic (exact) mass is 255 g/mol. The average Bonchev–Trinajstić information content (AvgIpc) is 2.61. The van der Waals surface area contributed by atoms with E-state index in [1.807, 2.05) is 18.2 Å². The van der Waals surface area contributed by atoms with Crippen molar-refractivity contribution in [3.8, 4) is 5.75 Å². The van der Waals surface area contributed by atoms with Crippen LogP contribution in [0.5, 0.6) is 5.75 Å². The first-order valence-corrected chi connectivity index (χ1v) is 7.58. The molecule has 0 spiro atoms. The number of anilines is 1. The van der Waals surface area contributed by atoms with Crippen molar-refractivity contribution in [3.63, 3.8) is 0 Å². The zero-order valence-electron chi connectivity index (χ0n) is 9.85. The molecule has 1 saturated heterocycles. The van der Waals surface area contributed by atoms with Crippen molar-refractivity contribution in [2.45, 2.75) is 25.9 Å². The van der Waals surface area contributed by atoms with Crippen molar-refractivity contribution < 1.29 is 13.2 Å². The van der Waals surface area contributed by atoms with E-state index in [1.54, 1.807) is 0 Å². The standard InChI is InChI=1S/C12H17NO3S/c1-2-9-3-4-12(11(13)7-9)16-10-5-6-17(14,15)8-10/h3-4,7,10H,2,5-6,8,13H2,1H3. The summed E-state index contributed by atoms with van der Waals surface area (Å²) in [7, 11) is -2.91. The van der Waals surface area contributed by atoms with Crippen LogP contribution in [0.25, 0.3) is 0 Å². The molecule has 17 heavy (non-hydrogen) atoms. The highest BCUT2D eigenvalue weighted by Gasteiger charge is 2.29. The number of nitrogens with two attached hydrogens (primary N) is 1. The number of ether oxygens (including phenoxy) is 1. The maximum Gasteiger partial charge on any atom is 0.154 e. The number of rotatable bonds is 3. The Morgan fingerprint density at radius 1 is 1.47 bits per heavy atom. The van der Waals surface area contributed by atoms with E-state index in [2.05, 4.69) is 6.92 Å². The zero-order chi connectivity index (χ0) is 12.5. The van der Waals surface area contributed by atoms with Crippen LogP contribution in [0.4, 0.5) is 5.69 Å². The number of nitrogen functional groups attached to an aromatic ring is 1. The molecule has 0 aromatic heterocycles. The molecule has 0 amide bonds. The Balaban J connectivity index is 2.09. The Morgan fingerprint density at radius 2 is 2.24 bits per heavy atom. The Kier molecular flexibility index (Phi) is 3.28. The second kappa shape index (κ2) is 4.56. The number of hydrogen-bond acceptors (Lipinski definition) is 4. The molecular formula is C12H17NO3S. The average molecular weight is 255 g/mol. The quantitative estimate of drug-likeness (QED) is 0.829. The molecule has 0 aliphatic carbocycles. The largest absolute Gasteiger partial charge is 0.487 e. The molecule has 1 aromatic carbocycles. The first-order valence-electron chi connectivity index (χ1n) is 5.75. The molecule has 5 heteroatoms. The Hall–Kier alpha value is -1.23. The molecule has 0 radical (unpaired) electrons. The third kappa shape index (κ3) is 2.91. The minimum Gasteiger partial charge on any atom is -0.487 e. The third-order valence-corrected chi connectivity index (χ3v) is 4.70. The second-order valence-electron chi connectivity index (χ2n) is 4.37. The van der Waals surface area contributed by atoms with Gasteiger partial charge in [0.05, 0.1) is 17.2 Å². The second-order valence-corrected chi connectivity index (χ2v) is 6.60. The summed E-state index contributed by atoms with van der Waals surface area (Å²) in [5.41, 5.74) is 7.59. The Bertz CT molecular complexity index is 510. The van der Waals surface area contributed by atoms with Gasteiger partial charge in [-0.3, -0.25) is 0 Å². The highest BCUT2D eigenvalue weighted by atomic mass is 32.2. The van der Waals surface area contributed by atoms with Crippen molar-refractivity contribution in [1.29, 1.82) is 0 Å². The van der Waals surface area contributed by atoms with Gasteiger partial charge >= 0.3 is 0 Å². The molecule has 1 aliphatic heterocycles. The Labute approximate surface area is 102 Å². The van der Waals surface area contributed by atoms with Crippen LogP contribution in [0.15, 0.2) is 18.2 Å². The van der Waals surface area contributed by atoms with Crippen LogP contribution >= 0.6 is 0 Å². The predicted molar refractivity (Wildman–Crippen MR) is 67.9 cm³/mol. The first-order chi connectivity index (χ1) is 8.00. The molecule has 94 valence electrons. The van der Waals surface area contributed by atoms with Gasteiger partial charge in [0, 0.05) is 0 Å². The van der Waals surface area contributed by atoms with Gasteiger partial charge in [-0.1, -0.05) is 13.0 Å². The van der Waals surface area contributed by atoms with Gasteiger partial charge in [0.15, 0.2) is 9.84 Å². The summed E-state index contributed by atoms with van der Waals surface area (Å²) in [6, 6.07) is 5.65. The lowest BCUT2D eigenvalue weighted by Gasteiger charge is -2.14. The summed E-state index contributed by atoms with van der Waals surface area (Å²) in [5, 5.41) is 0. The first kappa shape index (κ1) is 12.2. The maximum absolute atomic E-state index is 11.3. The summed E-state index contributed by atoms with van der Waals surface area (Å²) >= 11 is 0.